The van der Waals surface area contributed by atoms with Crippen LogP contribution in [0.2, 0.25) is 0 Å². The Morgan fingerprint density at radius 1 is 0.974 bits per heavy atom. The standard InChI is InChI=1S/C29H27F2N7O/c1-37-15-24-25(16-37)35-26(36-27(24)34-23-6-4-17(5-7-23)22-11-32-33-12-22)18-2-3-19-13-38(14-20(19)8-18)28(39)21-9-29(30,31)10-21/h2-8,11-12,21H,9-10,13-16H2,1H3,(H,32,33)(H,34,35,36). The van der Waals surface area contributed by atoms with Crippen molar-refractivity contribution in [2.24, 2.45) is 5.92 Å². The first-order valence-corrected chi connectivity index (χ1v) is 13.0. The number of aromatic amines is 1. The molecule has 1 aliphatic carbocycles. The molecule has 0 spiro atoms. The van der Waals surface area contributed by atoms with Gasteiger partial charge >= 0.3 is 0 Å². The van der Waals surface area contributed by atoms with Gasteiger partial charge in [-0.05, 0) is 41.9 Å². The van der Waals surface area contributed by atoms with Crippen molar-refractivity contribution in [2.45, 2.75) is 44.9 Å². The van der Waals surface area contributed by atoms with Crippen molar-refractivity contribution in [3.8, 4) is 22.5 Å². The maximum atomic E-state index is 13.3. The van der Waals surface area contributed by atoms with Gasteiger partial charge in [-0.3, -0.25) is 14.8 Å². The Balaban J connectivity index is 1.14. The highest BCUT2D eigenvalue weighted by molar-refractivity contribution is 5.81. The van der Waals surface area contributed by atoms with Crippen LogP contribution in [0.25, 0.3) is 22.5 Å². The molecular formula is C29H27F2N7O. The van der Waals surface area contributed by atoms with E-state index in [1.165, 1.54) is 0 Å². The molecule has 1 saturated carbocycles. The summed E-state index contributed by atoms with van der Waals surface area (Å²) in [5.41, 5.74) is 8.00. The summed E-state index contributed by atoms with van der Waals surface area (Å²) in [6.45, 7) is 2.37. The lowest BCUT2D eigenvalue weighted by atomic mass is 9.80. The summed E-state index contributed by atoms with van der Waals surface area (Å²) in [5.74, 6) is -2.06. The Labute approximate surface area is 224 Å². The number of carbonyl (C=O) groups excluding carboxylic acids is 1. The van der Waals surface area contributed by atoms with Gasteiger partial charge in [0.2, 0.25) is 11.8 Å². The zero-order valence-electron chi connectivity index (χ0n) is 21.4. The lowest BCUT2D eigenvalue weighted by molar-refractivity contribution is -0.160. The van der Waals surface area contributed by atoms with Gasteiger partial charge < -0.3 is 10.2 Å². The summed E-state index contributed by atoms with van der Waals surface area (Å²) in [7, 11) is 2.06. The van der Waals surface area contributed by atoms with Crippen molar-refractivity contribution in [3.05, 3.63) is 77.2 Å². The van der Waals surface area contributed by atoms with E-state index < -0.39 is 11.8 Å². The number of hydrogen-bond donors (Lipinski definition) is 2. The van der Waals surface area contributed by atoms with Crippen LogP contribution in [-0.2, 0) is 31.0 Å². The molecule has 4 heterocycles. The Bertz CT molecular complexity index is 1560. The second-order valence-electron chi connectivity index (χ2n) is 10.8. The molecule has 198 valence electrons. The number of aromatic nitrogens is 4. The van der Waals surface area contributed by atoms with Crippen LogP contribution < -0.4 is 5.32 Å². The van der Waals surface area contributed by atoms with Crippen molar-refractivity contribution in [3.63, 3.8) is 0 Å². The zero-order valence-corrected chi connectivity index (χ0v) is 21.4. The maximum absolute atomic E-state index is 13.3. The first-order valence-electron chi connectivity index (χ1n) is 13.0. The van der Waals surface area contributed by atoms with Gasteiger partial charge in [0, 0.05) is 73.5 Å². The van der Waals surface area contributed by atoms with Crippen LogP contribution in [0, 0.1) is 5.92 Å². The number of halogens is 2. The van der Waals surface area contributed by atoms with Gasteiger partial charge in [-0.15, -0.1) is 0 Å². The molecule has 2 aromatic heterocycles. The fraction of sp³-hybridized carbons (Fsp3) is 0.310. The molecule has 4 aromatic rings. The van der Waals surface area contributed by atoms with E-state index in [2.05, 4.69) is 27.5 Å². The molecular weight excluding hydrogens is 500 g/mol. The quantitative estimate of drug-likeness (QED) is 0.375. The van der Waals surface area contributed by atoms with Gasteiger partial charge in [0.1, 0.15) is 5.82 Å². The Morgan fingerprint density at radius 2 is 1.74 bits per heavy atom. The van der Waals surface area contributed by atoms with Crippen LogP contribution in [0.5, 0.6) is 0 Å². The predicted octanol–water partition coefficient (Wildman–Crippen LogP) is 5.11. The summed E-state index contributed by atoms with van der Waals surface area (Å²) in [6, 6.07) is 14.1. The molecule has 3 aliphatic rings. The number of alkyl halides is 2. The topological polar surface area (TPSA) is 90.0 Å². The van der Waals surface area contributed by atoms with Crippen molar-refractivity contribution < 1.29 is 13.6 Å². The monoisotopic (exact) mass is 527 g/mol. The lowest BCUT2D eigenvalue weighted by Gasteiger charge is -2.36. The summed E-state index contributed by atoms with van der Waals surface area (Å²) in [4.78, 5) is 26.5. The number of nitrogens with one attached hydrogen (secondary N) is 2. The van der Waals surface area contributed by atoms with E-state index in [0.29, 0.717) is 18.9 Å². The third-order valence-electron chi connectivity index (χ3n) is 7.86. The average Bonchev–Trinajstić information content (AvgIpc) is 3.66. The van der Waals surface area contributed by atoms with E-state index in [-0.39, 0.29) is 18.7 Å². The molecule has 7 rings (SSSR count). The number of amides is 1. The average molecular weight is 528 g/mol. The van der Waals surface area contributed by atoms with Crippen LogP contribution in [-0.4, -0.2) is 48.8 Å². The predicted molar refractivity (Wildman–Crippen MR) is 142 cm³/mol. The number of H-pyrrole nitrogens is 1. The number of hydrogen-bond acceptors (Lipinski definition) is 6. The van der Waals surface area contributed by atoms with Crippen LogP contribution >= 0.6 is 0 Å². The van der Waals surface area contributed by atoms with Gasteiger partial charge in [-0.2, -0.15) is 5.10 Å². The molecule has 2 aliphatic heterocycles. The first-order chi connectivity index (χ1) is 18.8. The smallest absolute Gasteiger partial charge is 0.249 e. The van der Waals surface area contributed by atoms with Gasteiger partial charge in [0.15, 0.2) is 5.82 Å². The van der Waals surface area contributed by atoms with Crippen molar-refractivity contribution in [2.75, 3.05) is 12.4 Å². The van der Waals surface area contributed by atoms with Crippen molar-refractivity contribution in [1.29, 1.82) is 0 Å². The molecule has 0 bridgehead atoms. The first kappa shape index (κ1) is 23.9. The van der Waals surface area contributed by atoms with E-state index in [0.717, 1.165) is 63.7 Å². The van der Waals surface area contributed by atoms with Gasteiger partial charge in [0.25, 0.3) is 0 Å². The second-order valence-corrected chi connectivity index (χ2v) is 10.8. The lowest BCUT2D eigenvalue weighted by Crippen LogP contribution is -2.45. The highest BCUT2D eigenvalue weighted by atomic mass is 19.3. The molecule has 8 nitrogen and oxygen atoms in total. The molecule has 39 heavy (non-hydrogen) atoms. The maximum Gasteiger partial charge on any atom is 0.249 e. The number of anilines is 2. The highest BCUT2D eigenvalue weighted by Gasteiger charge is 2.50. The summed E-state index contributed by atoms with van der Waals surface area (Å²) < 4.78 is 26.6. The summed E-state index contributed by atoms with van der Waals surface area (Å²) in [6.07, 6.45) is 2.96. The fourth-order valence-electron chi connectivity index (χ4n) is 5.72. The molecule has 0 atom stereocenters. The molecule has 1 amide bonds. The van der Waals surface area contributed by atoms with Gasteiger partial charge in [-0.25, -0.2) is 18.7 Å². The Morgan fingerprint density at radius 3 is 2.49 bits per heavy atom. The zero-order chi connectivity index (χ0) is 26.7. The molecule has 0 radical (unpaired) electrons. The third-order valence-corrected chi connectivity index (χ3v) is 7.86. The minimum atomic E-state index is -2.70. The largest absolute Gasteiger partial charge is 0.340 e. The van der Waals surface area contributed by atoms with E-state index in [1.807, 2.05) is 48.7 Å². The number of carbonyl (C=O) groups is 1. The van der Waals surface area contributed by atoms with Crippen molar-refractivity contribution in [1.82, 2.24) is 30.0 Å². The summed E-state index contributed by atoms with van der Waals surface area (Å²) in [5, 5.41) is 10.4. The summed E-state index contributed by atoms with van der Waals surface area (Å²) >= 11 is 0. The van der Waals surface area contributed by atoms with Crippen LogP contribution in [0.1, 0.15) is 35.2 Å². The van der Waals surface area contributed by atoms with E-state index >= 15 is 0 Å². The normalized spacial score (nSPS) is 18.1. The molecule has 0 unspecified atom stereocenters. The van der Waals surface area contributed by atoms with E-state index in [1.54, 1.807) is 11.1 Å². The van der Waals surface area contributed by atoms with Gasteiger partial charge in [-0.1, -0.05) is 24.3 Å². The fourth-order valence-corrected chi connectivity index (χ4v) is 5.72. The van der Waals surface area contributed by atoms with Crippen LogP contribution in [0.15, 0.2) is 54.9 Å². The third kappa shape index (κ3) is 4.44. The Hall–Kier alpha value is -4.18. The number of fused-ring (bicyclic) bond motifs is 2. The number of nitrogens with zero attached hydrogens (tertiary/aromatic N) is 5. The van der Waals surface area contributed by atoms with Crippen molar-refractivity contribution >= 4 is 17.4 Å². The minimum absolute atomic E-state index is 0.180. The molecule has 2 N–H and O–H groups in total. The van der Waals surface area contributed by atoms with Crippen LogP contribution in [0.3, 0.4) is 0 Å². The highest BCUT2D eigenvalue weighted by Crippen LogP contribution is 2.44. The van der Waals surface area contributed by atoms with Crippen LogP contribution in [0.4, 0.5) is 20.3 Å². The Kier molecular flexibility index (Phi) is 5.48. The number of rotatable bonds is 5. The number of benzene rings is 2. The SMILES string of the molecule is CN1Cc2nc(-c3ccc4c(c3)CN(C(=O)C3CC(F)(F)C3)C4)nc(Nc3ccc(-c4cn[nH]c4)cc3)c2C1. The van der Waals surface area contributed by atoms with E-state index in [9.17, 15) is 13.6 Å². The second kappa shape index (κ2) is 8.94. The molecule has 1 fully saturated rings. The van der Waals surface area contributed by atoms with Gasteiger partial charge in [0.05, 0.1) is 11.9 Å². The molecule has 0 saturated heterocycles. The molecule has 2 aromatic carbocycles. The minimum Gasteiger partial charge on any atom is -0.340 e. The molecule has 10 heteroatoms. The van der Waals surface area contributed by atoms with E-state index in [4.69, 9.17) is 9.97 Å².